The fourth-order valence-corrected chi connectivity index (χ4v) is 3.80. The minimum atomic E-state index is -0.766. The second-order valence-corrected chi connectivity index (χ2v) is 7.82. The van der Waals surface area contributed by atoms with Gasteiger partial charge in [0.2, 0.25) is 0 Å². The summed E-state index contributed by atoms with van der Waals surface area (Å²) in [5, 5.41) is 16.1. The third-order valence-electron chi connectivity index (χ3n) is 5.52. The van der Waals surface area contributed by atoms with E-state index in [9.17, 15) is 5.11 Å². The summed E-state index contributed by atoms with van der Waals surface area (Å²) in [4.78, 5) is 10.8. The second kappa shape index (κ2) is 9.71. The van der Waals surface area contributed by atoms with Crippen molar-refractivity contribution in [2.75, 3.05) is 19.6 Å². The average Bonchev–Trinajstić information content (AvgIpc) is 3.11. The number of aliphatic hydroxyl groups is 1. The molecule has 1 aromatic carbocycles. The maximum absolute atomic E-state index is 11.0. The van der Waals surface area contributed by atoms with Crippen molar-refractivity contribution in [3.8, 4) is 5.95 Å². The summed E-state index contributed by atoms with van der Waals surface area (Å²) in [5.41, 5.74) is 2.23. The van der Waals surface area contributed by atoms with E-state index in [0.717, 1.165) is 36.5 Å². The smallest absolute Gasteiger partial charge is 0.250 e. The highest BCUT2D eigenvalue weighted by Gasteiger charge is 2.33. The molecule has 0 saturated carbocycles. The molecule has 2 aromatic heterocycles. The molecule has 0 atom stereocenters. The van der Waals surface area contributed by atoms with Crippen LogP contribution < -0.4 is 0 Å². The molecule has 8 heteroatoms. The van der Waals surface area contributed by atoms with Gasteiger partial charge in [0.05, 0.1) is 17.5 Å². The molecule has 30 heavy (non-hydrogen) atoms. The van der Waals surface area contributed by atoms with Gasteiger partial charge < -0.3 is 5.11 Å². The summed E-state index contributed by atoms with van der Waals surface area (Å²) < 4.78 is 1.74. The van der Waals surface area contributed by atoms with Gasteiger partial charge in [-0.25, -0.2) is 14.6 Å². The Hall–Kier alpha value is -2.25. The van der Waals surface area contributed by atoms with Crippen LogP contribution in [0, 0.1) is 6.92 Å². The van der Waals surface area contributed by atoms with Gasteiger partial charge in [0.1, 0.15) is 0 Å². The number of piperidine rings is 1. The molecule has 6 nitrogen and oxygen atoms in total. The van der Waals surface area contributed by atoms with E-state index in [1.54, 1.807) is 23.1 Å². The third kappa shape index (κ3) is 4.90. The zero-order valence-electron chi connectivity index (χ0n) is 16.8. The van der Waals surface area contributed by atoms with Crippen molar-refractivity contribution in [1.82, 2.24) is 24.6 Å². The quantitative estimate of drug-likeness (QED) is 0.641. The molecule has 0 unspecified atom stereocenters. The molecule has 3 aromatic rings. The molecular formula is C22H25Cl2N5O. The van der Waals surface area contributed by atoms with Crippen LogP contribution in [0.15, 0.2) is 55.0 Å². The van der Waals surface area contributed by atoms with Crippen LogP contribution in [0.25, 0.3) is 12.0 Å². The SMILES string of the molecule is Cc1c(/C=C/CN2CCC(O)(c3ccc(Cl)cc3)CC2)cnn1-c1ncccn1.Cl. The van der Waals surface area contributed by atoms with Crippen LogP contribution in [-0.4, -0.2) is 49.4 Å². The van der Waals surface area contributed by atoms with E-state index in [1.165, 1.54) is 0 Å². The van der Waals surface area contributed by atoms with E-state index >= 15 is 0 Å². The molecule has 1 aliphatic heterocycles. The number of halogens is 2. The lowest BCUT2D eigenvalue weighted by Gasteiger charge is -2.38. The van der Waals surface area contributed by atoms with Crippen LogP contribution in [0.2, 0.25) is 5.02 Å². The zero-order valence-corrected chi connectivity index (χ0v) is 18.4. The first-order valence-electron chi connectivity index (χ1n) is 9.74. The Labute approximate surface area is 187 Å². The van der Waals surface area contributed by atoms with Gasteiger partial charge in [-0.2, -0.15) is 5.10 Å². The van der Waals surface area contributed by atoms with E-state index in [2.05, 4.69) is 32.1 Å². The molecule has 1 aliphatic rings. The number of rotatable bonds is 5. The standard InChI is InChI=1S/C22H24ClN5O.ClH/c1-17-18(16-26-28(17)21-24-11-3-12-25-21)4-2-13-27-14-9-22(29,10-15-27)19-5-7-20(23)8-6-19;/h2-8,11-12,16,29H,9-10,13-15H2,1H3;1H/b4-2+;. The molecule has 3 heterocycles. The maximum Gasteiger partial charge on any atom is 0.250 e. The minimum absolute atomic E-state index is 0. The number of aromatic nitrogens is 4. The number of benzene rings is 1. The third-order valence-corrected chi connectivity index (χ3v) is 5.77. The second-order valence-electron chi connectivity index (χ2n) is 7.39. The van der Waals surface area contributed by atoms with Crippen LogP contribution in [0.5, 0.6) is 0 Å². The highest BCUT2D eigenvalue weighted by atomic mass is 35.5. The van der Waals surface area contributed by atoms with Crippen molar-refractivity contribution >= 4 is 30.1 Å². The largest absolute Gasteiger partial charge is 0.385 e. The molecule has 1 saturated heterocycles. The van der Waals surface area contributed by atoms with Crippen molar-refractivity contribution in [2.45, 2.75) is 25.4 Å². The van der Waals surface area contributed by atoms with Gasteiger partial charge in [-0.15, -0.1) is 12.4 Å². The van der Waals surface area contributed by atoms with Crippen LogP contribution in [-0.2, 0) is 5.60 Å². The Morgan fingerprint density at radius 1 is 1.13 bits per heavy atom. The van der Waals surface area contributed by atoms with Crippen molar-refractivity contribution in [2.24, 2.45) is 0 Å². The van der Waals surface area contributed by atoms with E-state index in [-0.39, 0.29) is 12.4 Å². The van der Waals surface area contributed by atoms with E-state index < -0.39 is 5.60 Å². The number of nitrogens with zero attached hydrogens (tertiary/aromatic N) is 5. The Morgan fingerprint density at radius 2 is 1.80 bits per heavy atom. The fraction of sp³-hybridized carbons (Fsp3) is 0.318. The summed E-state index contributed by atoms with van der Waals surface area (Å²) in [6.07, 6.45) is 10.9. The van der Waals surface area contributed by atoms with Gasteiger partial charge in [-0.05, 0) is 43.5 Å². The minimum Gasteiger partial charge on any atom is -0.385 e. The van der Waals surface area contributed by atoms with E-state index in [4.69, 9.17) is 11.6 Å². The van der Waals surface area contributed by atoms with Gasteiger partial charge >= 0.3 is 0 Å². The zero-order chi connectivity index (χ0) is 20.3. The number of hydrogen-bond acceptors (Lipinski definition) is 5. The molecule has 0 aliphatic carbocycles. The lowest BCUT2D eigenvalue weighted by Crippen LogP contribution is -2.42. The summed E-state index contributed by atoms with van der Waals surface area (Å²) in [5.74, 6) is 0.571. The number of likely N-dealkylation sites (tertiary alicyclic amines) is 1. The molecule has 1 N–H and O–H groups in total. The van der Waals surface area contributed by atoms with Crippen LogP contribution in [0.3, 0.4) is 0 Å². The van der Waals surface area contributed by atoms with E-state index in [0.29, 0.717) is 23.8 Å². The van der Waals surface area contributed by atoms with Crippen molar-refractivity contribution in [1.29, 1.82) is 0 Å². The van der Waals surface area contributed by atoms with Gasteiger partial charge in [0, 0.05) is 42.6 Å². The van der Waals surface area contributed by atoms with Crippen LogP contribution in [0.4, 0.5) is 0 Å². The van der Waals surface area contributed by atoms with E-state index in [1.807, 2.05) is 37.4 Å². The van der Waals surface area contributed by atoms with Crippen LogP contribution in [0.1, 0.15) is 29.7 Å². The molecular weight excluding hydrogens is 421 g/mol. The van der Waals surface area contributed by atoms with Crippen molar-refractivity contribution < 1.29 is 5.11 Å². The van der Waals surface area contributed by atoms with Gasteiger partial charge in [0.15, 0.2) is 0 Å². The molecule has 0 spiro atoms. The number of hydrogen-bond donors (Lipinski definition) is 1. The first-order chi connectivity index (χ1) is 14.0. The molecule has 1 fully saturated rings. The highest BCUT2D eigenvalue weighted by Crippen LogP contribution is 2.33. The summed E-state index contributed by atoms with van der Waals surface area (Å²) >= 11 is 5.96. The molecule has 0 amide bonds. The Kier molecular flexibility index (Phi) is 7.26. The lowest BCUT2D eigenvalue weighted by molar-refractivity contribution is -0.0233. The predicted molar refractivity (Wildman–Crippen MR) is 121 cm³/mol. The predicted octanol–water partition coefficient (Wildman–Crippen LogP) is 4.04. The molecule has 4 rings (SSSR count). The van der Waals surface area contributed by atoms with Crippen LogP contribution >= 0.6 is 24.0 Å². The van der Waals surface area contributed by atoms with Gasteiger partial charge in [0.25, 0.3) is 5.95 Å². The highest BCUT2D eigenvalue weighted by molar-refractivity contribution is 6.30. The van der Waals surface area contributed by atoms with Crippen molar-refractivity contribution in [3.05, 3.63) is 76.8 Å². The Bertz CT molecular complexity index is 981. The monoisotopic (exact) mass is 445 g/mol. The Balaban J connectivity index is 0.00000256. The first-order valence-corrected chi connectivity index (χ1v) is 10.1. The van der Waals surface area contributed by atoms with Gasteiger partial charge in [-0.3, -0.25) is 4.90 Å². The first kappa shape index (κ1) is 22.4. The summed E-state index contributed by atoms with van der Waals surface area (Å²) in [6.45, 7) is 4.54. The topological polar surface area (TPSA) is 67.1 Å². The van der Waals surface area contributed by atoms with Gasteiger partial charge in [-0.1, -0.05) is 35.9 Å². The summed E-state index contributed by atoms with van der Waals surface area (Å²) in [7, 11) is 0. The average molecular weight is 446 g/mol. The van der Waals surface area contributed by atoms with Crippen molar-refractivity contribution in [3.63, 3.8) is 0 Å². The normalized spacial score (nSPS) is 16.5. The summed E-state index contributed by atoms with van der Waals surface area (Å²) in [6, 6.07) is 9.32. The molecule has 0 radical (unpaired) electrons. The maximum atomic E-state index is 11.0. The Morgan fingerprint density at radius 3 is 2.47 bits per heavy atom. The lowest BCUT2D eigenvalue weighted by atomic mass is 9.84. The molecule has 158 valence electrons. The molecule has 0 bridgehead atoms. The fourth-order valence-electron chi connectivity index (χ4n) is 3.67.